The second kappa shape index (κ2) is 5.99. The number of hydrogen-bond donors (Lipinski definition) is 1. The largest absolute Gasteiger partial charge is 0.495 e. The zero-order valence-corrected chi connectivity index (χ0v) is 12.7. The van der Waals surface area contributed by atoms with E-state index in [9.17, 15) is 8.42 Å². The second-order valence-electron chi connectivity index (χ2n) is 4.75. The predicted molar refractivity (Wildman–Crippen MR) is 78.3 cm³/mol. The van der Waals surface area contributed by atoms with Gasteiger partial charge >= 0.3 is 0 Å². The Hall–Kier alpha value is -1.31. The third kappa shape index (κ3) is 2.89. The third-order valence-corrected chi connectivity index (χ3v) is 5.50. The van der Waals surface area contributed by atoms with Gasteiger partial charge in [0.1, 0.15) is 10.6 Å². The molecular formula is C13H21N3O3S. The van der Waals surface area contributed by atoms with Gasteiger partial charge in [0.2, 0.25) is 10.0 Å². The molecule has 0 radical (unpaired) electrons. The molecule has 0 saturated carbocycles. The van der Waals surface area contributed by atoms with Crippen molar-refractivity contribution in [1.82, 2.24) is 9.21 Å². The SMILES string of the molecule is CCN1CCN(S(=O)(=O)c2cc(N)ccc2OC)CC1. The molecular weight excluding hydrogens is 278 g/mol. The minimum absolute atomic E-state index is 0.143. The molecule has 0 aliphatic carbocycles. The van der Waals surface area contributed by atoms with Gasteiger partial charge in [-0.25, -0.2) is 8.42 Å². The summed E-state index contributed by atoms with van der Waals surface area (Å²) in [6, 6.07) is 4.68. The van der Waals surface area contributed by atoms with E-state index in [1.54, 1.807) is 12.1 Å². The van der Waals surface area contributed by atoms with Gasteiger partial charge in [0.25, 0.3) is 0 Å². The lowest BCUT2D eigenvalue weighted by atomic mass is 10.3. The van der Waals surface area contributed by atoms with Crippen LogP contribution in [0.2, 0.25) is 0 Å². The van der Waals surface area contributed by atoms with Gasteiger partial charge in [0, 0.05) is 31.9 Å². The van der Waals surface area contributed by atoms with Gasteiger partial charge in [-0.1, -0.05) is 6.92 Å². The number of anilines is 1. The van der Waals surface area contributed by atoms with Crippen LogP contribution >= 0.6 is 0 Å². The van der Waals surface area contributed by atoms with Crippen LogP contribution in [0.15, 0.2) is 23.1 Å². The van der Waals surface area contributed by atoms with E-state index in [1.807, 2.05) is 0 Å². The van der Waals surface area contributed by atoms with Gasteiger partial charge in [-0.3, -0.25) is 0 Å². The summed E-state index contributed by atoms with van der Waals surface area (Å²) >= 11 is 0. The molecule has 0 amide bonds. The summed E-state index contributed by atoms with van der Waals surface area (Å²) in [6.07, 6.45) is 0. The molecule has 6 nitrogen and oxygen atoms in total. The molecule has 0 bridgehead atoms. The highest BCUT2D eigenvalue weighted by atomic mass is 32.2. The number of piperazine rings is 1. The lowest BCUT2D eigenvalue weighted by Gasteiger charge is -2.33. The molecule has 0 atom stereocenters. The molecule has 1 aliphatic rings. The summed E-state index contributed by atoms with van der Waals surface area (Å²) in [5.74, 6) is 0.331. The molecule has 0 spiro atoms. The van der Waals surface area contributed by atoms with Crippen molar-refractivity contribution in [1.29, 1.82) is 0 Å². The van der Waals surface area contributed by atoms with E-state index in [-0.39, 0.29) is 4.90 Å². The Bertz CT molecular complexity index is 566. The van der Waals surface area contributed by atoms with E-state index in [1.165, 1.54) is 17.5 Å². The van der Waals surface area contributed by atoms with E-state index >= 15 is 0 Å². The molecule has 1 aromatic carbocycles. The Morgan fingerprint density at radius 1 is 1.25 bits per heavy atom. The topological polar surface area (TPSA) is 75.9 Å². The molecule has 2 N–H and O–H groups in total. The summed E-state index contributed by atoms with van der Waals surface area (Å²) in [5.41, 5.74) is 6.12. The van der Waals surface area contributed by atoms with E-state index in [4.69, 9.17) is 10.5 Å². The second-order valence-corrected chi connectivity index (χ2v) is 6.66. The van der Waals surface area contributed by atoms with E-state index < -0.39 is 10.0 Å². The van der Waals surface area contributed by atoms with Crippen molar-refractivity contribution < 1.29 is 13.2 Å². The third-order valence-electron chi connectivity index (χ3n) is 3.58. The van der Waals surface area contributed by atoms with Crippen LogP contribution < -0.4 is 10.5 Å². The molecule has 0 aromatic heterocycles. The van der Waals surface area contributed by atoms with Gasteiger partial charge in [-0.05, 0) is 24.7 Å². The van der Waals surface area contributed by atoms with Gasteiger partial charge in [-0.2, -0.15) is 4.31 Å². The molecule has 0 unspecified atom stereocenters. The molecule has 112 valence electrons. The highest BCUT2D eigenvalue weighted by Gasteiger charge is 2.30. The minimum Gasteiger partial charge on any atom is -0.495 e. The predicted octanol–water partition coefficient (Wildman–Crippen LogP) is 0.604. The fourth-order valence-corrected chi connectivity index (χ4v) is 3.93. The van der Waals surface area contributed by atoms with Crippen LogP contribution in [0, 0.1) is 0 Å². The van der Waals surface area contributed by atoms with Crippen LogP contribution in [0.25, 0.3) is 0 Å². The van der Waals surface area contributed by atoms with Crippen molar-refractivity contribution in [2.24, 2.45) is 0 Å². The summed E-state index contributed by atoms with van der Waals surface area (Å²) in [7, 11) is -2.10. The maximum absolute atomic E-state index is 12.7. The summed E-state index contributed by atoms with van der Waals surface area (Å²) in [5, 5.41) is 0. The Morgan fingerprint density at radius 2 is 1.90 bits per heavy atom. The highest BCUT2D eigenvalue weighted by molar-refractivity contribution is 7.89. The monoisotopic (exact) mass is 299 g/mol. The number of methoxy groups -OCH3 is 1. The zero-order valence-electron chi connectivity index (χ0n) is 11.9. The fraction of sp³-hybridized carbons (Fsp3) is 0.538. The summed E-state index contributed by atoms with van der Waals surface area (Å²) < 4.78 is 32.0. The van der Waals surface area contributed by atoms with Gasteiger partial charge in [-0.15, -0.1) is 0 Å². The van der Waals surface area contributed by atoms with E-state index in [0.717, 1.165) is 19.6 Å². The standard InChI is InChI=1S/C13H21N3O3S/c1-3-15-6-8-16(9-7-15)20(17,18)13-10-11(14)4-5-12(13)19-2/h4-5,10H,3,6-9,14H2,1-2H3. The molecule has 20 heavy (non-hydrogen) atoms. The molecule has 1 heterocycles. The van der Waals surface area contributed by atoms with Crippen LogP contribution in [0.1, 0.15) is 6.92 Å². The van der Waals surface area contributed by atoms with Crippen LogP contribution in [-0.2, 0) is 10.0 Å². The number of nitrogens with two attached hydrogens (primary N) is 1. The molecule has 7 heteroatoms. The van der Waals surface area contributed by atoms with E-state index in [0.29, 0.717) is 24.5 Å². The number of benzene rings is 1. The first kappa shape index (κ1) is 15.1. The van der Waals surface area contributed by atoms with Crippen molar-refractivity contribution >= 4 is 15.7 Å². The van der Waals surface area contributed by atoms with Crippen LogP contribution in [-0.4, -0.2) is 57.5 Å². The molecule has 1 saturated heterocycles. The average molecular weight is 299 g/mol. The molecule has 1 aliphatic heterocycles. The number of nitrogen functional groups attached to an aromatic ring is 1. The number of sulfonamides is 1. The van der Waals surface area contributed by atoms with Gasteiger partial charge < -0.3 is 15.4 Å². The Kier molecular flexibility index (Phi) is 4.52. The zero-order chi connectivity index (χ0) is 14.8. The summed E-state index contributed by atoms with van der Waals surface area (Å²) in [6.45, 7) is 5.50. The van der Waals surface area contributed by atoms with Crippen LogP contribution in [0.3, 0.4) is 0 Å². The quantitative estimate of drug-likeness (QED) is 0.824. The number of ether oxygens (including phenoxy) is 1. The smallest absolute Gasteiger partial charge is 0.246 e. The average Bonchev–Trinajstić information content (AvgIpc) is 2.47. The Morgan fingerprint density at radius 3 is 2.45 bits per heavy atom. The maximum atomic E-state index is 12.7. The highest BCUT2D eigenvalue weighted by Crippen LogP contribution is 2.29. The number of rotatable bonds is 4. The number of nitrogens with zero attached hydrogens (tertiary/aromatic N) is 2. The van der Waals surface area contributed by atoms with E-state index in [2.05, 4.69) is 11.8 Å². The molecule has 1 aromatic rings. The van der Waals surface area contributed by atoms with Crippen molar-refractivity contribution in [3.8, 4) is 5.75 Å². The van der Waals surface area contributed by atoms with Crippen LogP contribution in [0.4, 0.5) is 5.69 Å². The van der Waals surface area contributed by atoms with Gasteiger partial charge in [0.15, 0.2) is 0 Å². The van der Waals surface area contributed by atoms with Crippen molar-refractivity contribution in [3.63, 3.8) is 0 Å². The number of hydrogen-bond acceptors (Lipinski definition) is 5. The lowest BCUT2D eigenvalue weighted by molar-refractivity contribution is 0.196. The number of likely N-dealkylation sites (N-methyl/N-ethyl adjacent to an activating group) is 1. The molecule has 1 fully saturated rings. The Labute approximate surface area is 120 Å². The first-order valence-electron chi connectivity index (χ1n) is 6.65. The van der Waals surface area contributed by atoms with Crippen LogP contribution in [0.5, 0.6) is 5.75 Å². The Balaban J connectivity index is 2.29. The van der Waals surface area contributed by atoms with Crippen molar-refractivity contribution in [2.75, 3.05) is 45.6 Å². The normalized spacial score (nSPS) is 18.1. The van der Waals surface area contributed by atoms with Gasteiger partial charge in [0.05, 0.1) is 7.11 Å². The minimum atomic E-state index is -3.56. The lowest BCUT2D eigenvalue weighted by Crippen LogP contribution is -2.48. The first-order valence-corrected chi connectivity index (χ1v) is 8.09. The fourth-order valence-electron chi connectivity index (χ4n) is 2.32. The summed E-state index contributed by atoms with van der Waals surface area (Å²) in [4.78, 5) is 2.37. The first-order chi connectivity index (χ1) is 9.48. The maximum Gasteiger partial charge on any atom is 0.246 e. The van der Waals surface area contributed by atoms with Crippen molar-refractivity contribution in [2.45, 2.75) is 11.8 Å². The molecule has 2 rings (SSSR count). The van der Waals surface area contributed by atoms with Crippen molar-refractivity contribution in [3.05, 3.63) is 18.2 Å².